The van der Waals surface area contributed by atoms with E-state index in [0.29, 0.717) is 17.9 Å². The number of hydrogen-bond donors (Lipinski definition) is 1. The number of nitrogens with zero attached hydrogens (tertiary/aromatic N) is 1. The zero-order chi connectivity index (χ0) is 22.0. The van der Waals surface area contributed by atoms with E-state index in [1.165, 1.54) is 28.6 Å². The lowest BCUT2D eigenvalue weighted by atomic mass is 9.87. The number of fused-ring (bicyclic) bond motifs is 1. The quantitative estimate of drug-likeness (QED) is 0.730. The van der Waals surface area contributed by atoms with Crippen LogP contribution in [0.5, 0.6) is 5.75 Å². The van der Waals surface area contributed by atoms with Gasteiger partial charge in [0, 0.05) is 24.0 Å². The minimum absolute atomic E-state index is 0.0130. The van der Waals surface area contributed by atoms with Crippen molar-refractivity contribution in [3.63, 3.8) is 0 Å². The van der Waals surface area contributed by atoms with Crippen molar-refractivity contribution in [3.05, 3.63) is 58.6 Å². The minimum Gasteiger partial charge on any atom is -0.495 e. The van der Waals surface area contributed by atoms with Gasteiger partial charge in [-0.1, -0.05) is 35.9 Å². The van der Waals surface area contributed by atoms with E-state index >= 15 is 0 Å². The number of benzene rings is 2. The summed E-state index contributed by atoms with van der Waals surface area (Å²) in [5, 5.41) is 3.55. The number of hydrogen-bond acceptors (Lipinski definition) is 4. The van der Waals surface area contributed by atoms with Crippen LogP contribution in [0.1, 0.15) is 42.9 Å². The third-order valence-electron chi connectivity index (χ3n) is 6.25. The Morgan fingerprint density at radius 1 is 1.13 bits per heavy atom. The van der Waals surface area contributed by atoms with E-state index in [0.717, 1.165) is 19.3 Å². The van der Waals surface area contributed by atoms with Crippen LogP contribution in [0.15, 0.2) is 47.4 Å². The van der Waals surface area contributed by atoms with Gasteiger partial charge in [0.2, 0.25) is 15.9 Å². The molecule has 2 aliphatic rings. The zero-order valence-electron chi connectivity index (χ0n) is 17.5. The first kappa shape index (κ1) is 22.1. The highest BCUT2D eigenvalue weighted by atomic mass is 35.5. The molecule has 0 unspecified atom stereocenters. The van der Waals surface area contributed by atoms with Crippen molar-refractivity contribution in [1.82, 2.24) is 9.62 Å². The number of nitrogens with one attached hydrogen (secondary N) is 1. The zero-order valence-corrected chi connectivity index (χ0v) is 19.1. The van der Waals surface area contributed by atoms with Crippen LogP contribution < -0.4 is 10.1 Å². The van der Waals surface area contributed by atoms with Gasteiger partial charge in [-0.15, -0.1) is 0 Å². The molecule has 4 rings (SSSR count). The predicted octanol–water partition coefficient (Wildman–Crippen LogP) is 3.94. The molecular weight excluding hydrogens is 436 g/mol. The number of sulfonamides is 1. The van der Waals surface area contributed by atoms with Crippen molar-refractivity contribution >= 4 is 27.5 Å². The fourth-order valence-corrected chi connectivity index (χ4v) is 6.43. The molecule has 1 saturated heterocycles. The molecule has 2 aromatic rings. The topological polar surface area (TPSA) is 75.7 Å². The Morgan fingerprint density at radius 2 is 1.87 bits per heavy atom. The molecule has 31 heavy (non-hydrogen) atoms. The van der Waals surface area contributed by atoms with Crippen LogP contribution >= 0.6 is 11.6 Å². The summed E-state index contributed by atoms with van der Waals surface area (Å²) in [4.78, 5) is 13.0. The van der Waals surface area contributed by atoms with E-state index in [1.807, 2.05) is 12.1 Å². The molecule has 2 aromatic carbocycles. The molecule has 6 nitrogen and oxygen atoms in total. The lowest BCUT2D eigenvalue weighted by molar-refractivity contribution is -0.127. The van der Waals surface area contributed by atoms with Gasteiger partial charge in [0.05, 0.1) is 13.2 Å². The molecule has 166 valence electrons. The van der Waals surface area contributed by atoms with Crippen LogP contribution in [0.25, 0.3) is 0 Å². The molecule has 0 radical (unpaired) electrons. The number of rotatable bonds is 5. The summed E-state index contributed by atoms with van der Waals surface area (Å²) in [6.45, 7) is 0.578. The summed E-state index contributed by atoms with van der Waals surface area (Å²) < 4.78 is 32.9. The SMILES string of the molecule is COc1ccc(Cl)cc1S(=O)(=O)N1CCC(C(=O)N[C@@H]2CCCc3ccccc32)CC1. The second-order valence-corrected chi connectivity index (χ2v) is 10.5. The molecule has 0 aromatic heterocycles. The Morgan fingerprint density at radius 3 is 2.61 bits per heavy atom. The van der Waals surface area contributed by atoms with Crippen LogP contribution in [0.3, 0.4) is 0 Å². The maximum atomic E-state index is 13.1. The smallest absolute Gasteiger partial charge is 0.246 e. The Labute approximate surface area is 188 Å². The number of carbonyl (C=O) groups is 1. The molecule has 8 heteroatoms. The van der Waals surface area contributed by atoms with Crippen molar-refractivity contribution in [3.8, 4) is 5.75 Å². The average Bonchev–Trinajstić information content (AvgIpc) is 2.79. The largest absolute Gasteiger partial charge is 0.495 e. The number of amides is 1. The maximum absolute atomic E-state index is 13.1. The predicted molar refractivity (Wildman–Crippen MR) is 120 cm³/mol. The number of halogens is 1. The monoisotopic (exact) mass is 462 g/mol. The van der Waals surface area contributed by atoms with E-state index in [4.69, 9.17) is 16.3 Å². The highest BCUT2D eigenvalue weighted by Crippen LogP contribution is 2.33. The lowest BCUT2D eigenvalue weighted by Gasteiger charge is -2.33. The Bertz CT molecular complexity index is 1060. The first-order chi connectivity index (χ1) is 14.9. The summed E-state index contributed by atoms with van der Waals surface area (Å²) in [7, 11) is -2.32. The van der Waals surface area contributed by atoms with Gasteiger partial charge < -0.3 is 10.1 Å². The number of ether oxygens (including phenoxy) is 1. The third-order valence-corrected chi connectivity index (χ3v) is 8.41. The minimum atomic E-state index is -3.75. The van der Waals surface area contributed by atoms with Gasteiger partial charge in [0.25, 0.3) is 0 Å². The number of carbonyl (C=O) groups excluding carboxylic acids is 1. The molecule has 1 atom stereocenters. The van der Waals surface area contributed by atoms with Crippen molar-refractivity contribution in [2.45, 2.75) is 43.0 Å². The van der Waals surface area contributed by atoms with Gasteiger partial charge in [-0.2, -0.15) is 4.31 Å². The fraction of sp³-hybridized carbons (Fsp3) is 0.435. The summed E-state index contributed by atoms with van der Waals surface area (Å²) in [6, 6.07) is 12.9. The first-order valence-electron chi connectivity index (χ1n) is 10.6. The van der Waals surface area contributed by atoms with Crippen LogP contribution in [-0.2, 0) is 21.2 Å². The highest BCUT2D eigenvalue weighted by molar-refractivity contribution is 7.89. The summed E-state index contributed by atoms with van der Waals surface area (Å²) in [5.41, 5.74) is 2.51. The molecule has 1 aliphatic carbocycles. The van der Waals surface area contributed by atoms with E-state index in [9.17, 15) is 13.2 Å². The molecular formula is C23H27ClN2O4S. The van der Waals surface area contributed by atoms with Crippen LogP contribution in [0.2, 0.25) is 5.02 Å². The van der Waals surface area contributed by atoms with Gasteiger partial charge in [-0.3, -0.25) is 4.79 Å². The van der Waals surface area contributed by atoms with Crippen LogP contribution in [0.4, 0.5) is 0 Å². The first-order valence-corrected chi connectivity index (χ1v) is 12.4. The number of aryl methyl sites for hydroxylation is 1. The van der Waals surface area contributed by atoms with Crippen molar-refractivity contribution in [1.29, 1.82) is 0 Å². The van der Waals surface area contributed by atoms with Crippen molar-refractivity contribution in [2.75, 3.05) is 20.2 Å². The third kappa shape index (κ3) is 4.59. The summed E-state index contributed by atoms with van der Waals surface area (Å²) >= 11 is 6.02. The average molecular weight is 463 g/mol. The molecule has 0 bridgehead atoms. The molecule has 1 heterocycles. The van der Waals surface area contributed by atoms with Gasteiger partial charge in [-0.05, 0) is 61.4 Å². The molecule has 0 spiro atoms. The van der Waals surface area contributed by atoms with E-state index in [-0.39, 0.29) is 41.6 Å². The number of piperidine rings is 1. The number of methoxy groups -OCH3 is 1. The van der Waals surface area contributed by atoms with Crippen molar-refractivity contribution < 1.29 is 17.9 Å². The highest BCUT2D eigenvalue weighted by Gasteiger charge is 2.34. The van der Waals surface area contributed by atoms with Gasteiger partial charge in [0.1, 0.15) is 10.6 Å². The maximum Gasteiger partial charge on any atom is 0.246 e. The lowest BCUT2D eigenvalue weighted by Crippen LogP contribution is -2.44. The molecule has 1 fully saturated rings. The van der Waals surface area contributed by atoms with Crippen LogP contribution in [-0.4, -0.2) is 38.8 Å². The molecule has 1 amide bonds. The van der Waals surface area contributed by atoms with Gasteiger partial charge >= 0.3 is 0 Å². The standard InChI is InChI=1S/C23H27ClN2O4S/c1-30-21-10-9-18(24)15-22(21)31(28,29)26-13-11-17(12-14-26)23(27)25-20-8-4-6-16-5-2-3-7-19(16)20/h2-3,5,7,9-10,15,17,20H,4,6,8,11-14H2,1H3,(H,25,27)/t20-/m1/s1. The second kappa shape index (κ2) is 9.18. The van der Waals surface area contributed by atoms with Gasteiger partial charge in [-0.25, -0.2) is 8.42 Å². The summed E-state index contributed by atoms with van der Waals surface area (Å²) in [5.74, 6) is 0.0844. The van der Waals surface area contributed by atoms with Crippen LogP contribution in [0, 0.1) is 5.92 Å². The molecule has 1 aliphatic heterocycles. The Hall–Kier alpha value is -2.09. The molecule has 0 saturated carbocycles. The normalized spacial score (nSPS) is 20.1. The van der Waals surface area contributed by atoms with Gasteiger partial charge in [0.15, 0.2) is 0 Å². The van der Waals surface area contributed by atoms with E-state index in [1.54, 1.807) is 12.1 Å². The Balaban J connectivity index is 1.41. The Kier molecular flexibility index (Phi) is 6.55. The summed E-state index contributed by atoms with van der Waals surface area (Å²) in [6.07, 6.45) is 4.01. The second-order valence-electron chi connectivity index (χ2n) is 8.13. The van der Waals surface area contributed by atoms with Crippen molar-refractivity contribution in [2.24, 2.45) is 5.92 Å². The molecule has 1 N–H and O–H groups in total. The van der Waals surface area contributed by atoms with E-state index < -0.39 is 10.0 Å². The van der Waals surface area contributed by atoms with E-state index in [2.05, 4.69) is 17.4 Å². The fourth-order valence-electron chi connectivity index (χ4n) is 4.54.